The van der Waals surface area contributed by atoms with Crippen LogP contribution in [0.5, 0.6) is 0 Å². The van der Waals surface area contributed by atoms with Crippen LogP contribution in [0.1, 0.15) is 5.76 Å². The summed E-state index contributed by atoms with van der Waals surface area (Å²) in [4.78, 5) is 14.0. The minimum absolute atomic E-state index is 0.0353. The molecule has 0 unspecified atom stereocenters. The minimum Gasteiger partial charge on any atom is -0.467 e. The first-order valence-corrected chi connectivity index (χ1v) is 7.22. The van der Waals surface area contributed by atoms with Gasteiger partial charge in [-0.05, 0) is 23.6 Å². The van der Waals surface area contributed by atoms with Gasteiger partial charge < -0.3 is 14.6 Å². The summed E-state index contributed by atoms with van der Waals surface area (Å²) in [5.74, 6) is 0.716. The lowest BCUT2D eigenvalue weighted by molar-refractivity contribution is -0.119. The highest BCUT2D eigenvalue weighted by Crippen LogP contribution is 2.25. The number of rotatable bonds is 5. The van der Waals surface area contributed by atoms with Crippen molar-refractivity contribution in [3.63, 3.8) is 0 Å². The van der Waals surface area contributed by atoms with Crippen LogP contribution in [0, 0.1) is 0 Å². The summed E-state index contributed by atoms with van der Waals surface area (Å²) in [6.07, 6.45) is 1.60. The predicted molar refractivity (Wildman–Crippen MR) is 87.8 cm³/mol. The molecule has 0 spiro atoms. The van der Waals surface area contributed by atoms with Gasteiger partial charge in [0.2, 0.25) is 5.91 Å². The van der Waals surface area contributed by atoms with Crippen LogP contribution < -0.4 is 10.2 Å². The van der Waals surface area contributed by atoms with Crippen LogP contribution in [0.3, 0.4) is 0 Å². The minimum atomic E-state index is -0.0353. The first-order valence-electron chi connectivity index (χ1n) is 7.22. The van der Waals surface area contributed by atoms with E-state index in [1.165, 1.54) is 5.39 Å². The molecule has 0 fully saturated rings. The maximum Gasteiger partial charge on any atom is 0.239 e. The molecule has 1 N–H and O–H groups in total. The number of hydrogen-bond donors (Lipinski definition) is 1. The molecule has 1 aromatic heterocycles. The number of fused-ring (bicyclic) bond motifs is 1. The van der Waals surface area contributed by atoms with Gasteiger partial charge in [-0.3, -0.25) is 4.79 Å². The number of hydrogen-bond acceptors (Lipinski definition) is 3. The number of likely N-dealkylation sites (N-methyl/N-ethyl adjacent to an activating group) is 1. The maximum absolute atomic E-state index is 12.1. The van der Waals surface area contributed by atoms with Gasteiger partial charge in [0.1, 0.15) is 5.76 Å². The van der Waals surface area contributed by atoms with Crippen LogP contribution in [0.4, 0.5) is 5.69 Å². The normalized spacial score (nSPS) is 10.6. The zero-order valence-corrected chi connectivity index (χ0v) is 12.5. The predicted octanol–water partition coefficient (Wildman–Crippen LogP) is 3.19. The molecule has 0 radical (unpaired) electrons. The van der Waals surface area contributed by atoms with E-state index in [2.05, 4.69) is 23.5 Å². The molecule has 112 valence electrons. The molecule has 22 heavy (non-hydrogen) atoms. The molecule has 0 saturated carbocycles. The second-order valence-electron chi connectivity index (χ2n) is 5.21. The number of nitrogens with zero attached hydrogens (tertiary/aromatic N) is 1. The van der Waals surface area contributed by atoms with E-state index < -0.39 is 0 Å². The molecule has 4 nitrogen and oxygen atoms in total. The zero-order valence-electron chi connectivity index (χ0n) is 12.5. The summed E-state index contributed by atoms with van der Waals surface area (Å²) in [6.45, 7) is 0.712. The molecule has 0 atom stereocenters. The molecule has 1 amide bonds. The smallest absolute Gasteiger partial charge is 0.239 e. The van der Waals surface area contributed by atoms with E-state index in [4.69, 9.17) is 4.42 Å². The van der Waals surface area contributed by atoms with Crippen LogP contribution in [-0.2, 0) is 11.3 Å². The number of anilines is 1. The van der Waals surface area contributed by atoms with Crippen molar-refractivity contribution in [1.82, 2.24) is 5.32 Å². The summed E-state index contributed by atoms with van der Waals surface area (Å²) in [7, 11) is 1.92. The van der Waals surface area contributed by atoms with Gasteiger partial charge in [0.25, 0.3) is 0 Å². The quantitative estimate of drug-likeness (QED) is 0.786. The fraction of sp³-hybridized carbons (Fsp3) is 0.167. The molecule has 3 aromatic rings. The first-order chi connectivity index (χ1) is 10.7. The van der Waals surface area contributed by atoms with Crippen molar-refractivity contribution < 1.29 is 9.21 Å². The molecule has 0 aliphatic rings. The molecule has 0 saturated heterocycles. The highest BCUT2D eigenvalue weighted by atomic mass is 16.3. The van der Waals surface area contributed by atoms with Crippen molar-refractivity contribution in [2.24, 2.45) is 0 Å². The van der Waals surface area contributed by atoms with E-state index in [0.717, 1.165) is 16.8 Å². The van der Waals surface area contributed by atoms with Crippen LogP contribution in [0.2, 0.25) is 0 Å². The van der Waals surface area contributed by atoms with Gasteiger partial charge in [-0.1, -0.05) is 36.4 Å². The lowest BCUT2D eigenvalue weighted by Crippen LogP contribution is -2.34. The number of furan rings is 1. The average Bonchev–Trinajstić information content (AvgIpc) is 3.06. The van der Waals surface area contributed by atoms with Gasteiger partial charge in [-0.15, -0.1) is 0 Å². The molecule has 0 bridgehead atoms. The van der Waals surface area contributed by atoms with E-state index >= 15 is 0 Å². The van der Waals surface area contributed by atoms with Crippen molar-refractivity contribution in [1.29, 1.82) is 0 Å². The van der Waals surface area contributed by atoms with Crippen molar-refractivity contribution in [3.8, 4) is 0 Å². The second-order valence-corrected chi connectivity index (χ2v) is 5.21. The molecule has 3 rings (SSSR count). The Kier molecular flexibility index (Phi) is 4.10. The Morgan fingerprint density at radius 2 is 1.91 bits per heavy atom. The monoisotopic (exact) mass is 294 g/mol. The van der Waals surface area contributed by atoms with Gasteiger partial charge in [0.15, 0.2) is 0 Å². The largest absolute Gasteiger partial charge is 0.467 e. The van der Waals surface area contributed by atoms with Crippen molar-refractivity contribution in [2.45, 2.75) is 6.54 Å². The van der Waals surface area contributed by atoms with E-state index in [0.29, 0.717) is 13.1 Å². The number of amides is 1. The average molecular weight is 294 g/mol. The molecular weight excluding hydrogens is 276 g/mol. The molecule has 4 heteroatoms. The third-order valence-corrected chi connectivity index (χ3v) is 3.60. The Balaban J connectivity index is 1.68. The van der Waals surface area contributed by atoms with E-state index in [1.54, 1.807) is 6.26 Å². The zero-order chi connectivity index (χ0) is 15.4. The Hall–Kier alpha value is -2.75. The van der Waals surface area contributed by atoms with Crippen LogP contribution in [-0.4, -0.2) is 19.5 Å². The van der Waals surface area contributed by atoms with Crippen LogP contribution in [0.25, 0.3) is 10.8 Å². The van der Waals surface area contributed by atoms with Gasteiger partial charge >= 0.3 is 0 Å². The first kappa shape index (κ1) is 14.2. The number of nitrogens with one attached hydrogen (secondary N) is 1. The molecular formula is C18H18N2O2. The summed E-state index contributed by atoms with van der Waals surface area (Å²) in [5, 5.41) is 5.17. The summed E-state index contributed by atoms with van der Waals surface area (Å²) in [5.41, 5.74) is 1.05. The Labute approximate surface area is 129 Å². The van der Waals surface area contributed by atoms with Crippen LogP contribution in [0.15, 0.2) is 65.3 Å². The fourth-order valence-electron chi connectivity index (χ4n) is 2.50. The highest BCUT2D eigenvalue weighted by molar-refractivity contribution is 5.95. The molecule has 1 heterocycles. The molecule has 0 aliphatic carbocycles. The molecule has 2 aromatic carbocycles. The fourth-order valence-corrected chi connectivity index (χ4v) is 2.50. The number of benzene rings is 2. The van der Waals surface area contributed by atoms with Gasteiger partial charge in [0.05, 0.1) is 19.4 Å². The van der Waals surface area contributed by atoms with Gasteiger partial charge in [-0.25, -0.2) is 0 Å². The number of carbonyl (C=O) groups is 1. The van der Waals surface area contributed by atoms with Crippen molar-refractivity contribution >= 4 is 22.4 Å². The van der Waals surface area contributed by atoms with E-state index in [1.807, 2.05) is 48.3 Å². The van der Waals surface area contributed by atoms with Crippen molar-refractivity contribution in [3.05, 3.63) is 66.6 Å². The highest BCUT2D eigenvalue weighted by Gasteiger charge is 2.10. The Morgan fingerprint density at radius 1 is 1.09 bits per heavy atom. The van der Waals surface area contributed by atoms with Crippen molar-refractivity contribution in [2.75, 3.05) is 18.5 Å². The Bertz CT molecular complexity index is 760. The van der Waals surface area contributed by atoms with Gasteiger partial charge in [0, 0.05) is 18.1 Å². The maximum atomic E-state index is 12.1. The second kappa shape index (κ2) is 6.35. The Morgan fingerprint density at radius 3 is 2.73 bits per heavy atom. The molecule has 0 aliphatic heterocycles. The third-order valence-electron chi connectivity index (χ3n) is 3.60. The van der Waals surface area contributed by atoms with E-state index in [-0.39, 0.29) is 5.91 Å². The van der Waals surface area contributed by atoms with Gasteiger partial charge in [-0.2, -0.15) is 0 Å². The lowest BCUT2D eigenvalue weighted by Gasteiger charge is -2.20. The SMILES string of the molecule is CN(CC(=O)NCc1ccco1)c1cccc2ccccc12. The third kappa shape index (κ3) is 3.11. The standard InChI is InChI=1S/C18H18N2O2/c1-20(13-18(21)19-12-15-8-5-11-22-15)17-10-4-7-14-6-2-3-9-16(14)17/h2-11H,12-13H2,1H3,(H,19,21). The van der Waals surface area contributed by atoms with Crippen LogP contribution >= 0.6 is 0 Å². The lowest BCUT2D eigenvalue weighted by atomic mass is 10.1. The van der Waals surface area contributed by atoms with E-state index in [9.17, 15) is 4.79 Å². The number of carbonyl (C=O) groups excluding carboxylic acids is 1. The summed E-state index contributed by atoms with van der Waals surface area (Å²) < 4.78 is 5.20. The summed E-state index contributed by atoms with van der Waals surface area (Å²) in [6, 6.07) is 17.9. The summed E-state index contributed by atoms with van der Waals surface area (Å²) >= 11 is 0. The topological polar surface area (TPSA) is 45.5 Å².